The quantitative estimate of drug-likeness (QED) is 0.444. The monoisotopic (exact) mass is 438 g/mol. The van der Waals surface area contributed by atoms with Crippen LogP contribution in [0, 0.1) is 17.3 Å². The predicted molar refractivity (Wildman–Crippen MR) is 130 cm³/mol. The number of benzene rings is 2. The highest BCUT2D eigenvalue weighted by molar-refractivity contribution is 5.90. The summed E-state index contributed by atoms with van der Waals surface area (Å²) >= 11 is 0. The highest BCUT2D eigenvalue weighted by Crippen LogP contribution is 2.59. The number of carbonyl (C=O) groups is 1. The lowest BCUT2D eigenvalue weighted by Gasteiger charge is -2.48. The summed E-state index contributed by atoms with van der Waals surface area (Å²) in [5.74, 6) is 3.53. The number of ketones is 1. The summed E-state index contributed by atoms with van der Waals surface area (Å²) in [6.45, 7) is 2.24. The number of fused-ring (bicyclic) bond motifs is 6. The number of hydrogen-bond donors (Lipinski definition) is 0. The van der Waals surface area contributed by atoms with E-state index >= 15 is 0 Å². The normalized spacial score (nSPS) is 30.7. The Kier molecular flexibility index (Phi) is 4.14. The molecule has 4 aliphatic rings. The molecule has 33 heavy (non-hydrogen) atoms. The standard InChI is InChI=1S/C30H30O3/c1-30-15-14-21-20-10-9-19(16-18(20)8-11-22(21)25(30)12-13-26(30)31)28-27(17-6-7-17)23-4-2-3-5-24(23)29(32)33-28/h2-5,9-10,16-17,21-22,25H,6-8,11-15H2,1H3/t21-,22-,25+,30+/m1/s1. The second kappa shape index (κ2) is 6.91. The van der Waals surface area contributed by atoms with Crippen LogP contribution in [0.2, 0.25) is 0 Å². The minimum absolute atomic E-state index is 0.0771. The van der Waals surface area contributed by atoms with Gasteiger partial charge in [-0.05, 0) is 97.3 Å². The fraction of sp³-hybridized carbons (Fsp3) is 0.467. The van der Waals surface area contributed by atoms with Crippen LogP contribution in [0.1, 0.15) is 80.4 Å². The van der Waals surface area contributed by atoms with Gasteiger partial charge >= 0.3 is 5.63 Å². The molecule has 168 valence electrons. The second-order valence-electron chi connectivity index (χ2n) is 11.2. The van der Waals surface area contributed by atoms with Crippen molar-refractivity contribution in [3.8, 4) is 11.3 Å². The number of aryl methyl sites for hydroxylation is 1. The first-order valence-electron chi connectivity index (χ1n) is 12.8. The van der Waals surface area contributed by atoms with Crippen LogP contribution in [0.4, 0.5) is 0 Å². The maximum absolute atomic E-state index is 12.8. The summed E-state index contributed by atoms with van der Waals surface area (Å²) in [5, 5.41) is 1.75. The van der Waals surface area contributed by atoms with E-state index in [-0.39, 0.29) is 11.0 Å². The molecule has 1 heterocycles. The van der Waals surface area contributed by atoms with Gasteiger partial charge in [0.2, 0.25) is 0 Å². The SMILES string of the molecule is C[C@]12CC[C@@H]3c4ccc(-c5oc(=O)c6ccccc6c5C5CC5)cc4CC[C@H]3[C@@H]1CCC2=O. The molecule has 0 bridgehead atoms. The van der Waals surface area contributed by atoms with Gasteiger partial charge in [-0.2, -0.15) is 0 Å². The van der Waals surface area contributed by atoms with E-state index in [2.05, 4.69) is 31.2 Å². The maximum Gasteiger partial charge on any atom is 0.344 e. The molecule has 7 rings (SSSR count). The van der Waals surface area contributed by atoms with Gasteiger partial charge in [-0.1, -0.05) is 37.3 Å². The summed E-state index contributed by atoms with van der Waals surface area (Å²) in [7, 11) is 0. The maximum atomic E-state index is 12.8. The topological polar surface area (TPSA) is 47.3 Å². The van der Waals surface area contributed by atoms with Gasteiger partial charge in [0.25, 0.3) is 0 Å². The molecule has 1 aromatic heterocycles. The van der Waals surface area contributed by atoms with Gasteiger partial charge in [-0.3, -0.25) is 4.79 Å². The zero-order valence-corrected chi connectivity index (χ0v) is 19.2. The van der Waals surface area contributed by atoms with Crippen LogP contribution in [-0.4, -0.2) is 5.78 Å². The molecule has 0 saturated heterocycles. The Hall–Kier alpha value is -2.68. The van der Waals surface area contributed by atoms with Crippen molar-refractivity contribution in [2.24, 2.45) is 17.3 Å². The van der Waals surface area contributed by atoms with Crippen molar-refractivity contribution in [2.45, 2.75) is 70.1 Å². The summed E-state index contributed by atoms with van der Waals surface area (Å²) in [5.41, 5.74) is 4.85. The van der Waals surface area contributed by atoms with E-state index in [9.17, 15) is 9.59 Å². The Labute approximate surface area is 194 Å². The Balaban J connectivity index is 1.31. The molecule has 0 spiro atoms. The van der Waals surface area contributed by atoms with E-state index in [0.717, 1.165) is 61.7 Å². The van der Waals surface area contributed by atoms with E-state index in [0.29, 0.717) is 34.8 Å². The summed E-state index contributed by atoms with van der Waals surface area (Å²) in [6.07, 6.45) is 8.57. The van der Waals surface area contributed by atoms with Crippen LogP contribution in [-0.2, 0) is 11.2 Å². The van der Waals surface area contributed by atoms with E-state index < -0.39 is 0 Å². The van der Waals surface area contributed by atoms with Gasteiger partial charge in [0.15, 0.2) is 0 Å². The molecule has 0 amide bonds. The molecule has 0 unspecified atom stereocenters. The first-order chi connectivity index (χ1) is 16.0. The van der Waals surface area contributed by atoms with E-state index in [1.807, 2.05) is 18.2 Å². The van der Waals surface area contributed by atoms with Crippen molar-refractivity contribution in [1.29, 1.82) is 0 Å². The second-order valence-corrected chi connectivity index (χ2v) is 11.2. The zero-order valence-electron chi connectivity index (χ0n) is 19.2. The Morgan fingerprint density at radius 3 is 2.55 bits per heavy atom. The van der Waals surface area contributed by atoms with Gasteiger partial charge in [0.1, 0.15) is 11.5 Å². The molecule has 0 radical (unpaired) electrons. The van der Waals surface area contributed by atoms with Crippen molar-refractivity contribution in [1.82, 2.24) is 0 Å². The molecule has 3 nitrogen and oxygen atoms in total. The van der Waals surface area contributed by atoms with Gasteiger partial charge in [-0.15, -0.1) is 0 Å². The van der Waals surface area contributed by atoms with Crippen molar-refractivity contribution in [3.63, 3.8) is 0 Å². The molecule has 3 saturated carbocycles. The molecule has 3 fully saturated rings. The van der Waals surface area contributed by atoms with Gasteiger partial charge in [0, 0.05) is 23.0 Å². The largest absolute Gasteiger partial charge is 0.422 e. The van der Waals surface area contributed by atoms with Crippen molar-refractivity contribution >= 4 is 16.6 Å². The third kappa shape index (κ3) is 2.81. The molecule has 4 atom stereocenters. The number of hydrogen-bond acceptors (Lipinski definition) is 3. The lowest BCUT2D eigenvalue weighted by atomic mass is 9.55. The smallest absolute Gasteiger partial charge is 0.344 e. The Morgan fingerprint density at radius 1 is 0.909 bits per heavy atom. The van der Waals surface area contributed by atoms with Gasteiger partial charge in [0.05, 0.1) is 5.39 Å². The Bertz CT molecular complexity index is 1360. The minimum Gasteiger partial charge on any atom is -0.422 e. The molecule has 0 N–H and O–H groups in total. The van der Waals surface area contributed by atoms with E-state index in [4.69, 9.17) is 4.42 Å². The van der Waals surface area contributed by atoms with Crippen LogP contribution < -0.4 is 5.63 Å². The van der Waals surface area contributed by atoms with Crippen LogP contribution in [0.15, 0.2) is 51.7 Å². The highest BCUT2D eigenvalue weighted by Gasteiger charge is 2.54. The third-order valence-corrected chi connectivity index (χ3v) is 9.56. The molecule has 4 aliphatic carbocycles. The summed E-state index contributed by atoms with van der Waals surface area (Å²) in [4.78, 5) is 25.4. The first-order valence-corrected chi connectivity index (χ1v) is 12.8. The minimum atomic E-state index is -0.236. The van der Waals surface area contributed by atoms with Crippen molar-refractivity contribution in [3.05, 3.63) is 69.6 Å². The van der Waals surface area contributed by atoms with Crippen molar-refractivity contribution < 1.29 is 9.21 Å². The predicted octanol–water partition coefficient (Wildman–Crippen LogP) is 6.76. The molecular weight excluding hydrogens is 408 g/mol. The zero-order chi connectivity index (χ0) is 22.3. The average molecular weight is 439 g/mol. The average Bonchev–Trinajstić information content (AvgIpc) is 3.62. The lowest BCUT2D eigenvalue weighted by Crippen LogP contribution is -2.42. The van der Waals surface area contributed by atoms with Crippen LogP contribution in [0.5, 0.6) is 0 Å². The molecular formula is C30H30O3. The Morgan fingerprint density at radius 2 is 1.73 bits per heavy atom. The molecule has 3 heteroatoms. The summed E-state index contributed by atoms with van der Waals surface area (Å²) < 4.78 is 6.00. The molecule has 2 aromatic carbocycles. The fourth-order valence-electron chi connectivity index (χ4n) is 7.71. The van der Waals surface area contributed by atoms with Gasteiger partial charge < -0.3 is 4.42 Å². The number of Topliss-reactive ketones (excluding diaryl/α,β-unsaturated/α-hetero) is 1. The summed E-state index contributed by atoms with van der Waals surface area (Å²) in [6, 6.07) is 14.7. The van der Waals surface area contributed by atoms with Gasteiger partial charge in [-0.25, -0.2) is 4.79 Å². The number of carbonyl (C=O) groups excluding carboxylic acids is 1. The van der Waals surface area contributed by atoms with E-state index in [1.165, 1.54) is 23.1 Å². The number of rotatable bonds is 2. The van der Waals surface area contributed by atoms with Crippen LogP contribution in [0.25, 0.3) is 22.1 Å². The van der Waals surface area contributed by atoms with Crippen LogP contribution >= 0.6 is 0 Å². The van der Waals surface area contributed by atoms with Crippen molar-refractivity contribution in [2.75, 3.05) is 0 Å². The molecule has 3 aromatic rings. The third-order valence-electron chi connectivity index (χ3n) is 9.56. The van der Waals surface area contributed by atoms with Crippen LogP contribution in [0.3, 0.4) is 0 Å². The highest BCUT2D eigenvalue weighted by atomic mass is 16.4. The lowest BCUT2D eigenvalue weighted by molar-refractivity contribution is -0.129. The van der Waals surface area contributed by atoms with E-state index in [1.54, 1.807) is 0 Å². The first kappa shape index (κ1) is 19.8. The fourth-order valence-corrected chi connectivity index (χ4v) is 7.71. The molecule has 0 aliphatic heterocycles.